The second kappa shape index (κ2) is 11.0. The molecule has 1 heterocycles. The highest BCUT2D eigenvalue weighted by Crippen LogP contribution is 2.49. The van der Waals surface area contributed by atoms with Crippen molar-refractivity contribution < 1.29 is 28.5 Å². The third kappa shape index (κ3) is 4.74. The molecule has 0 bridgehead atoms. The lowest BCUT2D eigenvalue weighted by molar-refractivity contribution is -0.146. The van der Waals surface area contributed by atoms with E-state index in [0.29, 0.717) is 54.4 Å². The first-order valence-corrected chi connectivity index (χ1v) is 12.3. The number of nitrogens with zero attached hydrogens (tertiary/aromatic N) is 1. The fourth-order valence-corrected chi connectivity index (χ4v) is 5.26. The number of rotatable bonds is 8. The summed E-state index contributed by atoms with van der Waals surface area (Å²) >= 11 is 0. The highest BCUT2D eigenvalue weighted by atomic mass is 16.5. The Hall–Kier alpha value is -3.61. The lowest BCUT2D eigenvalue weighted by Gasteiger charge is -2.37. The van der Waals surface area contributed by atoms with Crippen molar-refractivity contribution >= 4 is 17.5 Å². The maximum absolute atomic E-state index is 13.8. The van der Waals surface area contributed by atoms with E-state index in [0.717, 1.165) is 16.8 Å². The third-order valence-electron chi connectivity index (χ3n) is 6.94. The van der Waals surface area contributed by atoms with E-state index in [2.05, 4.69) is 0 Å². The molecular weight excluding hydrogens is 458 g/mol. The summed E-state index contributed by atoms with van der Waals surface area (Å²) < 4.78 is 22.0. The van der Waals surface area contributed by atoms with Gasteiger partial charge in [0.2, 0.25) is 0 Å². The first kappa shape index (κ1) is 25.5. The van der Waals surface area contributed by atoms with Crippen LogP contribution in [0.3, 0.4) is 0 Å². The molecule has 2 aromatic carbocycles. The number of aliphatic imine (C=N–C) groups is 1. The second-order valence-electron chi connectivity index (χ2n) is 9.12. The van der Waals surface area contributed by atoms with Gasteiger partial charge in [-0.05, 0) is 49.4 Å². The van der Waals surface area contributed by atoms with Crippen molar-refractivity contribution in [2.75, 3.05) is 27.9 Å². The van der Waals surface area contributed by atoms with Crippen molar-refractivity contribution in [2.45, 2.75) is 44.9 Å². The number of carbonyl (C=O) groups excluding carboxylic acids is 2. The molecule has 0 amide bonds. The molecule has 0 aromatic heterocycles. The summed E-state index contributed by atoms with van der Waals surface area (Å²) in [5.74, 6) is 0.245. The average Bonchev–Trinajstić information content (AvgIpc) is 2.90. The van der Waals surface area contributed by atoms with Crippen molar-refractivity contribution in [3.63, 3.8) is 0 Å². The van der Waals surface area contributed by atoms with Crippen LogP contribution in [-0.2, 0) is 14.3 Å². The summed E-state index contributed by atoms with van der Waals surface area (Å²) in [5.41, 5.74) is 3.72. The van der Waals surface area contributed by atoms with Gasteiger partial charge < -0.3 is 18.9 Å². The van der Waals surface area contributed by atoms with Crippen LogP contribution in [0.2, 0.25) is 0 Å². The number of ether oxygens (including phenoxy) is 4. The Bertz CT molecular complexity index is 1210. The van der Waals surface area contributed by atoms with Crippen LogP contribution in [0, 0.1) is 5.92 Å². The summed E-state index contributed by atoms with van der Waals surface area (Å²) in [5, 5.41) is 0. The van der Waals surface area contributed by atoms with Crippen LogP contribution in [0.15, 0.2) is 58.7 Å². The molecule has 2 aliphatic rings. The van der Waals surface area contributed by atoms with Crippen LogP contribution in [0.4, 0.5) is 0 Å². The van der Waals surface area contributed by atoms with Crippen LogP contribution >= 0.6 is 0 Å². The predicted molar refractivity (Wildman–Crippen MR) is 137 cm³/mol. The Balaban J connectivity index is 1.79. The molecule has 0 spiro atoms. The van der Waals surface area contributed by atoms with Gasteiger partial charge in [-0.15, -0.1) is 0 Å². The van der Waals surface area contributed by atoms with Crippen LogP contribution in [0.5, 0.6) is 17.2 Å². The first-order chi connectivity index (χ1) is 17.4. The van der Waals surface area contributed by atoms with Crippen molar-refractivity contribution in [1.29, 1.82) is 0 Å². The van der Waals surface area contributed by atoms with E-state index in [4.69, 9.17) is 23.9 Å². The van der Waals surface area contributed by atoms with Gasteiger partial charge in [-0.1, -0.05) is 31.2 Å². The molecule has 0 radical (unpaired) electrons. The van der Waals surface area contributed by atoms with Crippen molar-refractivity contribution in [1.82, 2.24) is 0 Å². The van der Waals surface area contributed by atoms with Gasteiger partial charge >= 0.3 is 5.97 Å². The number of benzene rings is 2. The van der Waals surface area contributed by atoms with Crippen molar-refractivity contribution in [3.8, 4) is 17.2 Å². The van der Waals surface area contributed by atoms with E-state index in [1.54, 1.807) is 21.3 Å². The second-order valence-corrected chi connectivity index (χ2v) is 9.12. The predicted octanol–water partition coefficient (Wildman–Crippen LogP) is 5.24. The van der Waals surface area contributed by atoms with E-state index in [-0.39, 0.29) is 17.7 Å². The Morgan fingerprint density at radius 3 is 2.39 bits per heavy atom. The summed E-state index contributed by atoms with van der Waals surface area (Å²) in [4.78, 5) is 31.9. The van der Waals surface area contributed by atoms with Crippen LogP contribution < -0.4 is 14.2 Å². The van der Waals surface area contributed by atoms with E-state index in [9.17, 15) is 9.59 Å². The minimum Gasteiger partial charge on any atom is -0.496 e. The molecule has 0 saturated heterocycles. The molecular formula is C29H33NO6. The number of carbonyl (C=O) groups is 2. The molecule has 0 fully saturated rings. The molecule has 4 rings (SSSR count). The molecule has 7 heteroatoms. The summed E-state index contributed by atoms with van der Waals surface area (Å²) in [6.07, 6.45) is 1.61. The van der Waals surface area contributed by atoms with Crippen molar-refractivity contribution in [2.24, 2.45) is 10.9 Å². The first-order valence-electron chi connectivity index (χ1n) is 12.3. The number of hydrogen-bond donors (Lipinski definition) is 0. The Kier molecular flexibility index (Phi) is 7.77. The van der Waals surface area contributed by atoms with Gasteiger partial charge in [0, 0.05) is 34.9 Å². The number of allylic oxidation sites excluding steroid dienone is 2. The third-order valence-corrected chi connectivity index (χ3v) is 6.94. The van der Waals surface area contributed by atoms with Crippen molar-refractivity contribution in [3.05, 3.63) is 64.9 Å². The molecule has 0 saturated carbocycles. The van der Waals surface area contributed by atoms with E-state index in [1.807, 2.05) is 56.3 Å². The number of methoxy groups -OCH3 is 3. The smallest absolute Gasteiger partial charge is 0.315 e. The van der Waals surface area contributed by atoms with E-state index in [1.165, 1.54) is 0 Å². The number of hydrogen-bond acceptors (Lipinski definition) is 7. The van der Waals surface area contributed by atoms with Crippen LogP contribution in [0.25, 0.3) is 0 Å². The average molecular weight is 492 g/mol. The van der Waals surface area contributed by atoms with Crippen LogP contribution in [0.1, 0.15) is 56.1 Å². The topological polar surface area (TPSA) is 83.4 Å². The molecule has 2 aromatic rings. The largest absolute Gasteiger partial charge is 0.496 e. The fourth-order valence-electron chi connectivity index (χ4n) is 5.26. The zero-order valence-corrected chi connectivity index (χ0v) is 21.5. The highest BCUT2D eigenvalue weighted by Gasteiger charge is 2.45. The zero-order valence-electron chi connectivity index (χ0n) is 21.5. The summed E-state index contributed by atoms with van der Waals surface area (Å²) in [6, 6.07) is 13.3. The maximum Gasteiger partial charge on any atom is 0.315 e. The van der Waals surface area contributed by atoms with E-state index < -0.39 is 11.8 Å². The van der Waals surface area contributed by atoms with Gasteiger partial charge in [0.05, 0.1) is 27.9 Å². The molecule has 1 unspecified atom stereocenters. The summed E-state index contributed by atoms with van der Waals surface area (Å²) in [6.45, 7) is 4.11. The number of ketones is 1. The molecule has 1 aliphatic heterocycles. The Morgan fingerprint density at radius 1 is 0.972 bits per heavy atom. The molecule has 190 valence electrons. The van der Waals surface area contributed by atoms with E-state index >= 15 is 0 Å². The SMILES string of the molecule is CCCOC(=O)C1C(C)=NC2=C(C(=O)C[C@@H](c3ccc(OC)c(OC)c3)C2)[C@H]1c1ccccc1OC. The number of Topliss-reactive ketones (excluding diaryl/α,β-unsaturated/α-hetero) is 1. The van der Waals surface area contributed by atoms with Gasteiger partial charge in [0.1, 0.15) is 11.7 Å². The molecule has 36 heavy (non-hydrogen) atoms. The van der Waals surface area contributed by atoms with Crippen LogP contribution in [-0.4, -0.2) is 45.4 Å². The molecule has 7 nitrogen and oxygen atoms in total. The zero-order chi connectivity index (χ0) is 25.8. The molecule has 3 atom stereocenters. The minimum absolute atomic E-state index is 0.0171. The molecule has 0 N–H and O–H groups in total. The van der Waals surface area contributed by atoms with Gasteiger partial charge in [-0.25, -0.2) is 0 Å². The van der Waals surface area contributed by atoms with Gasteiger partial charge in [-0.2, -0.15) is 0 Å². The quantitative estimate of drug-likeness (QED) is 0.470. The van der Waals surface area contributed by atoms with Gasteiger partial charge in [-0.3, -0.25) is 14.6 Å². The number of esters is 1. The maximum atomic E-state index is 13.8. The van der Waals surface area contributed by atoms with Gasteiger partial charge in [0.25, 0.3) is 0 Å². The lowest BCUT2D eigenvalue weighted by Crippen LogP contribution is -2.38. The van der Waals surface area contributed by atoms with Gasteiger partial charge in [0.15, 0.2) is 17.3 Å². The lowest BCUT2D eigenvalue weighted by atomic mass is 9.69. The monoisotopic (exact) mass is 491 g/mol. The summed E-state index contributed by atoms with van der Waals surface area (Å²) in [7, 11) is 4.79. The highest BCUT2D eigenvalue weighted by molar-refractivity contribution is 6.09. The standard InChI is InChI=1S/C29H33NO6/c1-6-13-36-29(32)26-17(2)30-21-14-19(18-11-12-24(34-4)25(16-18)35-5)15-22(31)28(21)27(26)20-9-7-8-10-23(20)33-3/h7-12,16,19,26-27H,6,13-15H2,1-5H3/t19-,26?,27-/m0/s1. The number of para-hydroxylation sites is 1. The molecule has 1 aliphatic carbocycles. The minimum atomic E-state index is -0.687. The Morgan fingerprint density at radius 2 is 1.69 bits per heavy atom. The fraction of sp³-hybridized carbons (Fsp3) is 0.414. The normalized spacial score (nSPS) is 21.4. The Labute approximate surface area is 212 Å².